The number of para-hydroxylation sites is 1. The lowest BCUT2D eigenvalue weighted by Crippen LogP contribution is -1.96. The third-order valence-corrected chi connectivity index (χ3v) is 2.79. The predicted molar refractivity (Wildman–Crippen MR) is 66.4 cm³/mol. The summed E-state index contributed by atoms with van der Waals surface area (Å²) >= 11 is 0. The second-order valence-corrected chi connectivity index (χ2v) is 4.01. The van der Waals surface area contributed by atoms with Crippen LogP contribution in [-0.4, -0.2) is 9.97 Å². The van der Waals surface area contributed by atoms with E-state index in [0.29, 0.717) is 6.54 Å². The molecule has 0 saturated carbocycles. The summed E-state index contributed by atoms with van der Waals surface area (Å²) in [6, 6.07) is 9.78. The first-order chi connectivity index (χ1) is 8.28. The van der Waals surface area contributed by atoms with Crippen molar-refractivity contribution in [1.82, 2.24) is 9.97 Å². The first-order valence-corrected chi connectivity index (χ1v) is 5.52. The van der Waals surface area contributed by atoms with E-state index >= 15 is 0 Å². The van der Waals surface area contributed by atoms with E-state index in [-0.39, 0.29) is 0 Å². The van der Waals surface area contributed by atoms with Crippen molar-refractivity contribution in [2.24, 2.45) is 5.73 Å². The van der Waals surface area contributed by atoms with Crippen LogP contribution in [0.3, 0.4) is 0 Å². The zero-order valence-corrected chi connectivity index (χ0v) is 9.53. The number of aromatic nitrogens is 2. The van der Waals surface area contributed by atoms with Crippen LogP contribution in [0.2, 0.25) is 0 Å². The summed E-state index contributed by atoms with van der Waals surface area (Å²) in [7, 11) is 0. The number of nitrogens with one attached hydrogen (secondary N) is 1. The number of aromatic amines is 1. The number of furan rings is 1. The van der Waals surface area contributed by atoms with Gasteiger partial charge in [-0.3, -0.25) is 0 Å². The molecule has 3 rings (SSSR count). The van der Waals surface area contributed by atoms with Gasteiger partial charge < -0.3 is 15.1 Å². The molecular formula is C13H13N3O. The summed E-state index contributed by atoms with van der Waals surface area (Å²) in [4.78, 5) is 7.78. The minimum absolute atomic E-state index is 0.485. The quantitative estimate of drug-likeness (QED) is 0.707. The highest BCUT2D eigenvalue weighted by molar-refractivity contribution is 5.81. The molecule has 0 atom stereocenters. The number of benzene rings is 1. The predicted octanol–water partition coefficient (Wildman–Crippen LogP) is 2.59. The first kappa shape index (κ1) is 10.1. The van der Waals surface area contributed by atoms with Gasteiger partial charge in [0.2, 0.25) is 0 Å². The Morgan fingerprint density at radius 2 is 2.18 bits per heavy atom. The first-order valence-electron chi connectivity index (χ1n) is 5.52. The molecule has 0 aliphatic heterocycles. The molecule has 2 heterocycles. The number of fused-ring (bicyclic) bond motifs is 1. The minimum Gasteiger partial charge on any atom is -0.458 e. The molecule has 0 fully saturated rings. The minimum atomic E-state index is 0.485. The molecule has 0 amide bonds. The molecular weight excluding hydrogens is 214 g/mol. The van der Waals surface area contributed by atoms with Crippen molar-refractivity contribution in [3.8, 4) is 11.6 Å². The van der Waals surface area contributed by atoms with Gasteiger partial charge in [-0.15, -0.1) is 0 Å². The van der Waals surface area contributed by atoms with E-state index in [1.54, 1.807) is 0 Å². The van der Waals surface area contributed by atoms with Gasteiger partial charge in [0.05, 0.1) is 11.0 Å². The van der Waals surface area contributed by atoms with Gasteiger partial charge in [-0.1, -0.05) is 12.1 Å². The molecule has 0 aliphatic carbocycles. The molecule has 0 bridgehead atoms. The average molecular weight is 227 g/mol. The van der Waals surface area contributed by atoms with E-state index in [9.17, 15) is 0 Å². The van der Waals surface area contributed by atoms with Crippen molar-refractivity contribution in [3.05, 3.63) is 41.7 Å². The van der Waals surface area contributed by atoms with Crippen molar-refractivity contribution in [1.29, 1.82) is 0 Å². The highest BCUT2D eigenvalue weighted by Gasteiger charge is 2.10. The Kier molecular flexibility index (Phi) is 2.23. The zero-order valence-electron chi connectivity index (χ0n) is 9.53. The van der Waals surface area contributed by atoms with Gasteiger partial charge in [-0.25, -0.2) is 4.98 Å². The maximum absolute atomic E-state index is 5.69. The second-order valence-electron chi connectivity index (χ2n) is 4.01. The van der Waals surface area contributed by atoms with Gasteiger partial charge >= 0.3 is 0 Å². The summed E-state index contributed by atoms with van der Waals surface area (Å²) in [5.41, 5.74) is 8.63. The molecule has 0 unspecified atom stereocenters. The van der Waals surface area contributed by atoms with Crippen molar-refractivity contribution in [2.45, 2.75) is 13.5 Å². The third kappa shape index (κ3) is 1.62. The third-order valence-electron chi connectivity index (χ3n) is 2.79. The Bertz CT molecular complexity index is 666. The van der Waals surface area contributed by atoms with E-state index in [4.69, 9.17) is 10.2 Å². The summed E-state index contributed by atoms with van der Waals surface area (Å²) in [5.74, 6) is 2.37. The van der Waals surface area contributed by atoms with Crippen molar-refractivity contribution >= 4 is 11.0 Å². The normalized spacial score (nSPS) is 11.2. The smallest absolute Gasteiger partial charge is 0.174 e. The molecule has 1 aromatic carbocycles. The Hall–Kier alpha value is -2.07. The summed E-state index contributed by atoms with van der Waals surface area (Å²) in [6.07, 6.45) is 0. The fourth-order valence-corrected chi connectivity index (χ4v) is 1.93. The molecule has 4 nitrogen and oxygen atoms in total. The highest BCUT2D eigenvalue weighted by Crippen LogP contribution is 2.24. The van der Waals surface area contributed by atoms with Crippen molar-refractivity contribution < 1.29 is 4.42 Å². The number of hydrogen-bond donors (Lipinski definition) is 2. The van der Waals surface area contributed by atoms with Crippen LogP contribution in [0.1, 0.15) is 11.3 Å². The number of nitrogens with zero attached hydrogens (tertiary/aromatic N) is 1. The van der Waals surface area contributed by atoms with E-state index in [0.717, 1.165) is 33.9 Å². The number of aryl methyl sites for hydroxylation is 1. The van der Waals surface area contributed by atoms with Gasteiger partial charge in [0.25, 0.3) is 0 Å². The molecule has 0 radical (unpaired) electrons. The molecule has 3 N–H and O–H groups in total. The second kappa shape index (κ2) is 3.75. The van der Waals surface area contributed by atoms with E-state index in [1.807, 2.05) is 37.3 Å². The molecule has 86 valence electrons. The number of H-pyrrole nitrogens is 1. The Labute approximate surface area is 98.5 Å². The van der Waals surface area contributed by atoms with Crippen molar-refractivity contribution in [2.75, 3.05) is 0 Å². The van der Waals surface area contributed by atoms with Crippen LogP contribution in [0.25, 0.3) is 22.6 Å². The lowest BCUT2D eigenvalue weighted by atomic mass is 10.2. The number of nitrogens with two attached hydrogens (primary N) is 1. The Balaban J connectivity index is 2.19. The lowest BCUT2D eigenvalue weighted by molar-refractivity contribution is 0.545. The number of rotatable bonds is 2. The van der Waals surface area contributed by atoms with Crippen molar-refractivity contribution in [3.63, 3.8) is 0 Å². The molecule has 4 heteroatoms. The molecule has 0 aliphatic rings. The van der Waals surface area contributed by atoms with Crippen LogP contribution in [0.5, 0.6) is 0 Å². The largest absolute Gasteiger partial charge is 0.458 e. The molecule has 0 saturated heterocycles. The van der Waals surface area contributed by atoms with Crippen LogP contribution in [0, 0.1) is 6.92 Å². The number of hydrogen-bond acceptors (Lipinski definition) is 3. The maximum Gasteiger partial charge on any atom is 0.174 e. The monoisotopic (exact) mass is 227 g/mol. The lowest BCUT2D eigenvalue weighted by Gasteiger charge is -1.95. The molecule has 0 spiro atoms. The van der Waals surface area contributed by atoms with Crippen LogP contribution < -0.4 is 5.73 Å². The van der Waals surface area contributed by atoms with E-state index in [1.165, 1.54) is 0 Å². The SMILES string of the molecule is Cc1ccc(-c2nc3c(CN)cccc3[nH]2)o1. The maximum atomic E-state index is 5.69. The van der Waals surface area contributed by atoms with E-state index in [2.05, 4.69) is 9.97 Å². The van der Waals surface area contributed by atoms with Gasteiger partial charge in [0.15, 0.2) is 11.6 Å². The summed E-state index contributed by atoms with van der Waals surface area (Å²) in [6.45, 7) is 2.40. The summed E-state index contributed by atoms with van der Waals surface area (Å²) in [5, 5.41) is 0. The topological polar surface area (TPSA) is 67.8 Å². The van der Waals surface area contributed by atoms with Crippen LogP contribution in [-0.2, 0) is 6.54 Å². The van der Waals surface area contributed by atoms with Gasteiger partial charge in [-0.2, -0.15) is 0 Å². The fraction of sp³-hybridized carbons (Fsp3) is 0.154. The average Bonchev–Trinajstić information content (AvgIpc) is 2.93. The number of imidazole rings is 1. The molecule has 17 heavy (non-hydrogen) atoms. The van der Waals surface area contributed by atoms with Crippen LogP contribution in [0.4, 0.5) is 0 Å². The molecule has 3 aromatic rings. The zero-order chi connectivity index (χ0) is 11.8. The molecule has 2 aromatic heterocycles. The van der Waals surface area contributed by atoms with Gasteiger partial charge in [0.1, 0.15) is 5.76 Å². The Morgan fingerprint density at radius 3 is 2.88 bits per heavy atom. The Morgan fingerprint density at radius 1 is 1.29 bits per heavy atom. The van der Waals surface area contributed by atoms with Crippen LogP contribution in [0.15, 0.2) is 34.7 Å². The highest BCUT2D eigenvalue weighted by atomic mass is 16.3. The summed E-state index contributed by atoms with van der Waals surface area (Å²) < 4.78 is 5.55. The van der Waals surface area contributed by atoms with E-state index < -0.39 is 0 Å². The standard InChI is InChI=1S/C13H13N3O/c1-8-5-6-11(17-8)13-15-10-4-2-3-9(7-14)12(10)16-13/h2-6H,7,14H2,1H3,(H,15,16). The van der Waals surface area contributed by atoms with Gasteiger partial charge in [0, 0.05) is 6.54 Å². The van der Waals surface area contributed by atoms with Gasteiger partial charge in [-0.05, 0) is 30.7 Å². The van der Waals surface area contributed by atoms with Crippen LogP contribution >= 0.6 is 0 Å². The fourth-order valence-electron chi connectivity index (χ4n) is 1.93.